The molecule has 0 aliphatic heterocycles. The number of hydrogen-bond donors (Lipinski definition) is 1. The number of hydrogen-bond acceptors (Lipinski definition) is 5. The number of carbonyl (C=O) groups excluding carboxylic acids is 1. The van der Waals surface area contributed by atoms with Crippen LogP contribution in [-0.2, 0) is 10.2 Å². The first-order valence-corrected chi connectivity index (χ1v) is 9.05. The number of carbonyl (C=O) groups is 1. The first-order valence-electron chi connectivity index (χ1n) is 6.87. The summed E-state index contributed by atoms with van der Waals surface area (Å²) in [6.45, 7) is 6.21. The number of nitrogens with zero attached hydrogens (tertiary/aromatic N) is 2. The van der Waals surface area contributed by atoms with E-state index in [1.54, 1.807) is 11.8 Å². The monoisotopic (exact) mass is 355 g/mol. The molecule has 0 saturated heterocycles. The van der Waals surface area contributed by atoms with Gasteiger partial charge in [0.1, 0.15) is 5.01 Å². The molecule has 0 aliphatic rings. The Morgan fingerprint density at radius 2 is 1.95 bits per heavy atom. The van der Waals surface area contributed by atoms with Gasteiger partial charge in [-0.1, -0.05) is 43.7 Å². The van der Waals surface area contributed by atoms with Crippen molar-refractivity contribution in [2.45, 2.75) is 37.5 Å². The molecular formula is C15H18ClN3OS2. The van der Waals surface area contributed by atoms with E-state index in [-0.39, 0.29) is 11.3 Å². The quantitative estimate of drug-likeness (QED) is 0.796. The van der Waals surface area contributed by atoms with E-state index in [1.807, 2.05) is 24.3 Å². The van der Waals surface area contributed by atoms with Crippen molar-refractivity contribution in [3.63, 3.8) is 0 Å². The Morgan fingerprint density at radius 3 is 2.55 bits per heavy atom. The highest BCUT2D eigenvalue weighted by Gasteiger charge is 2.19. The molecule has 0 radical (unpaired) electrons. The van der Waals surface area contributed by atoms with Gasteiger partial charge in [0.25, 0.3) is 0 Å². The fraction of sp³-hybridized carbons (Fsp3) is 0.400. The smallest absolute Gasteiger partial charge is 0.227 e. The van der Waals surface area contributed by atoms with E-state index in [4.69, 9.17) is 11.6 Å². The molecule has 0 saturated carbocycles. The fourth-order valence-electron chi connectivity index (χ4n) is 1.55. The zero-order chi connectivity index (χ0) is 16.2. The van der Waals surface area contributed by atoms with Crippen LogP contribution in [0.5, 0.6) is 0 Å². The number of aromatic nitrogens is 2. The Morgan fingerprint density at radius 1 is 1.27 bits per heavy atom. The molecule has 1 aromatic heterocycles. The van der Waals surface area contributed by atoms with Crippen molar-refractivity contribution >= 4 is 45.7 Å². The highest BCUT2D eigenvalue weighted by atomic mass is 35.5. The number of anilines is 1. The van der Waals surface area contributed by atoms with Crippen LogP contribution in [0.15, 0.2) is 29.2 Å². The zero-order valence-corrected chi connectivity index (χ0v) is 15.1. The van der Waals surface area contributed by atoms with Crippen LogP contribution < -0.4 is 5.32 Å². The summed E-state index contributed by atoms with van der Waals surface area (Å²) in [5.74, 6) is 0.663. The highest BCUT2D eigenvalue weighted by molar-refractivity contribution is 7.99. The Balaban J connectivity index is 1.78. The van der Waals surface area contributed by atoms with Crippen LogP contribution in [-0.4, -0.2) is 21.9 Å². The number of rotatable bonds is 5. The van der Waals surface area contributed by atoms with E-state index in [9.17, 15) is 4.79 Å². The lowest BCUT2D eigenvalue weighted by Gasteiger charge is -2.12. The van der Waals surface area contributed by atoms with Crippen molar-refractivity contribution in [1.29, 1.82) is 0 Å². The molecule has 2 rings (SSSR count). The maximum Gasteiger partial charge on any atom is 0.227 e. The number of amides is 1. The van der Waals surface area contributed by atoms with Crippen molar-refractivity contribution < 1.29 is 4.79 Å². The molecule has 22 heavy (non-hydrogen) atoms. The Labute approximate surface area is 143 Å². The van der Waals surface area contributed by atoms with Crippen LogP contribution >= 0.6 is 34.7 Å². The van der Waals surface area contributed by atoms with Gasteiger partial charge in [0, 0.05) is 27.5 Å². The standard InChI is InChI=1S/C15H18ClN3OS2/c1-15(2,3)13-18-19-14(22-13)17-12(20)8-9-21-11-6-4-10(16)5-7-11/h4-7H,8-9H2,1-3H3,(H,17,19,20). The predicted molar refractivity (Wildman–Crippen MR) is 94.0 cm³/mol. The van der Waals surface area contributed by atoms with Gasteiger partial charge in [-0.15, -0.1) is 22.0 Å². The molecule has 1 N–H and O–H groups in total. The second kappa shape index (κ2) is 7.44. The molecule has 1 amide bonds. The third kappa shape index (κ3) is 5.26. The third-order valence-corrected chi connectivity index (χ3v) is 5.25. The number of benzene rings is 1. The van der Waals surface area contributed by atoms with Gasteiger partial charge in [0.05, 0.1) is 0 Å². The van der Waals surface area contributed by atoms with Crippen molar-refractivity contribution in [2.75, 3.05) is 11.1 Å². The summed E-state index contributed by atoms with van der Waals surface area (Å²) in [7, 11) is 0. The summed E-state index contributed by atoms with van der Waals surface area (Å²) >= 11 is 8.88. The summed E-state index contributed by atoms with van der Waals surface area (Å²) in [6, 6.07) is 7.59. The lowest BCUT2D eigenvalue weighted by Crippen LogP contribution is -2.11. The summed E-state index contributed by atoms with van der Waals surface area (Å²) in [6.07, 6.45) is 0.428. The lowest BCUT2D eigenvalue weighted by atomic mass is 9.98. The molecule has 2 aromatic rings. The van der Waals surface area contributed by atoms with Crippen LogP contribution in [0, 0.1) is 0 Å². The summed E-state index contributed by atoms with van der Waals surface area (Å²) in [5.41, 5.74) is -0.0505. The molecule has 1 aromatic carbocycles. The second-order valence-electron chi connectivity index (χ2n) is 5.76. The van der Waals surface area contributed by atoms with E-state index in [0.29, 0.717) is 22.3 Å². The largest absolute Gasteiger partial charge is 0.301 e. The molecule has 0 atom stereocenters. The molecule has 7 heteroatoms. The molecule has 1 heterocycles. The lowest BCUT2D eigenvalue weighted by molar-refractivity contribution is -0.115. The average Bonchev–Trinajstić information content (AvgIpc) is 2.89. The highest BCUT2D eigenvalue weighted by Crippen LogP contribution is 2.28. The SMILES string of the molecule is CC(C)(C)c1nnc(NC(=O)CCSc2ccc(Cl)cc2)s1. The maximum absolute atomic E-state index is 11.9. The molecule has 118 valence electrons. The van der Waals surface area contributed by atoms with Crippen LogP contribution in [0.1, 0.15) is 32.2 Å². The molecular weight excluding hydrogens is 338 g/mol. The van der Waals surface area contributed by atoms with Crippen molar-refractivity contribution in [3.05, 3.63) is 34.3 Å². The van der Waals surface area contributed by atoms with Crippen molar-refractivity contribution in [1.82, 2.24) is 10.2 Å². The van der Waals surface area contributed by atoms with E-state index in [1.165, 1.54) is 11.3 Å². The van der Waals surface area contributed by atoms with Crippen LogP contribution in [0.25, 0.3) is 0 Å². The third-order valence-electron chi connectivity index (χ3n) is 2.72. The molecule has 4 nitrogen and oxygen atoms in total. The van der Waals surface area contributed by atoms with Gasteiger partial charge in [0.15, 0.2) is 0 Å². The molecule has 0 fully saturated rings. The number of thioether (sulfide) groups is 1. The van der Waals surface area contributed by atoms with Gasteiger partial charge in [-0.2, -0.15) is 0 Å². The first-order chi connectivity index (χ1) is 10.3. The van der Waals surface area contributed by atoms with Gasteiger partial charge in [-0.3, -0.25) is 4.79 Å². The van der Waals surface area contributed by atoms with Crippen LogP contribution in [0.3, 0.4) is 0 Å². The second-order valence-corrected chi connectivity index (χ2v) is 8.35. The van der Waals surface area contributed by atoms with Crippen LogP contribution in [0.4, 0.5) is 5.13 Å². The van der Waals surface area contributed by atoms with E-state index < -0.39 is 0 Å². The molecule has 0 bridgehead atoms. The molecule has 0 aliphatic carbocycles. The topological polar surface area (TPSA) is 54.9 Å². The Kier molecular flexibility index (Phi) is 5.83. The first kappa shape index (κ1) is 17.2. The molecule has 0 unspecified atom stereocenters. The van der Waals surface area contributed by atoms with E-state index in [2.05, 4.69) is 36.3 Å². The van der Waals surface area contributed by atoms with Crippen molar-refractivity contribution in [3.8, 4) is 0 Å². The minimum Gasteiger partial charge on any atom is -0.301 e. The van der Waals surface area contributed by atoms with Crippen LogP contribution in [0.2, 0.25) is 5.02 Å². The summed E-state index contributed by atoms with van der Waals surface area (Å²) < 4.78 is 0. The van der Waals surface area contributed by atoms with Gasteiger partial charge >= 0.3 is 0 Å². The van der Waals surface area contributed by atoms with E-state index >= 15 is 0 Å². The predicted octanol–water partition coefficient (Wildman–Crippen LogP) is 4.61. The fourth-order valence-corrected chi connectivity index (χ4v) is 3.35. The van der Waals surface area contributed by atoms with Gasteiger partial charge in [0.2, 0.25) is 11.0 Å². The number of nitrogens with one attached hydrogen (secondary N) is 1. The summed E-state index contributed by atoms with van der Waals surface area (Å²) in [4.78, 5) is 13.0. The van der Waals surface area contributed by atoms with Gasteiger partial charge in [-0.05, 0) is 24.3 Å². The maximum atomic E-state index is 11.9. The van der Waals surface area contributed by atoms with E-state index in [0.717, 1.165) is 9.90 Å². The van der Waals surface area contributed by atoms with Gasteiger partial charge in [-0.25, -0.2) is 0 Å². The summed E-state index contributed by atoms with van der Waals surface area (Å²) in [5, 5.41) is 13.1. The molecule has 0 spiro atoms. The minimum atomic E-state index is -0.0505. The Hall–Kier alpha value is -1.11. The Bertz CT molecular complexity index is 635. The van der Waals surface area contributed by atoms with Crippen molar-refractivity contribution in [2.24, 2.45) is 0 Å². The van der Waals surface area contributed by atoms with Gasteiger partial charge < -0.3 is 5.32 Å². The number of halogens is 1. The minimum absolute atomic E-state index is 0.0435. The zero-order valence-electron chi connectivity index (χ0n) is 12.7. The normalized spacial score (nSPS) is 11.5. The average molecular weight is 356 g/mol.